The van der Waals surface area contributed by atoms with E-state index >= 15 is 0 Å². The van der Waals surface area contributed by atoms with E-state index in [0.29, 0.717) is 10.7 Å². The molecular weight excluding hydrogens is 286 g/mol. The average molecular weight is 297 g/mol. The molecule has 2 aliphatic rings. The van der Waals surface area contributed by atoms with Crippen LogP contribution in [-0.2, 0) is 9.47 Å². The van der Waals surface area contributed by atoms with Gasteiger partial charge in [-0.3, -0.25) is 0 Å². The molecule has 2 aliphatic heterocycles. The lowest BCUT2D eigenvalue weighted by Crippen LogP contribution is -2.19. The van der Waals surface area contributed by atoms with Crippen molar-refractivity contribution in [1.29, 1.82) is 0 Å². The van der Waals surface area contributed by atoms with Gasteiger partial charge in [-0.15, -0.1) is 10.2 Å². The standard InChI is InChI=1S/C7H4N2O.C4H4O2.C3H3N3/c10-7-8-5-3-1-2-4-6(5)9-7;1-2-6-4-3-5-1;1-2-4-6-5-3-1/h1-4H;1-4H;1-3H. The molecule has 0 fully saturated rings. The van der Waals surface area contributed by atoms with E-state index in [2.05, 4.69) is 34.9 Å². The van der Waals surface area contributed by atoms with Gasteiger partial charge in [0.05, 0.1) is 23.1 Å². The fourth-order valence-corrected chi connectivity index (χ4v) is 1.31. The van der Waals surface area contributed by atoms with Gasteiger partial charge in [0, 0.05) is 0 Å². The number of benzene rings is 1. The molecule has 110 valence electrons. The van der Waals surface area contributed by atoms with Gasteiger partial charge in [-0.25, -0.2) is 4.79 Å². The molecule has 3 heterocycles. The minimum Gasteiger partial charge on any atom is -0.466 e. The molecule has 22 heavy (non-hydrogen) atoms. The monoisotopic (exact) mass is 297 g/mol. The Labute approximate surface area is 125 Å². The fraction of sp³-hybridized carbons (Fsp3) is 0. The predicted octanol–water partition coefficient (Wildman–Crippen LogP) is 0.907. The molecule has 0 N–H and O–H groups in total. The number of fused-ring (bicyclic) bond motifs is 1. The van der Waals surface area contributed by atoms with Gasteiger partial charge in [-0.1, -0.05) is 12.1 Å². The Morgan fingerprint density at radius 1 is 0.727 bits per heavy atom. The van der Waals surface area contributed by atoms with E-state index in [9.17, 15) is 4.79 Å². The largest absolute Gasteiger partial charge is 0.466 e. The number of ether oxygens (including phenoxy) is 2. The minimum atomic E-state index is -0.402. The van der Waals surface area contributed by atoms with Crippen LogP contribution in [0.2, 0.25) is 0 Å². The van der Waals surface area contributed by atoms with Crippen LogP contribution in [0.1, 0.15) is 0 Å². The Bertz CT molecular complexity index is 691. The number of carbonyl (C=O) groups is 1. The topological polar surface area (TPSA) is 98.9 Å². The summed E-state index contributed by atoms with van der Waals surface area (Å²) in [4.78, 5) is 17.9. The van der Waals surface area contributed by atoms with Crippen molar-refractivity contribution in [3.63, 3.8) is 0 Å². The van der Waals surface area contributed by atoms with Crippen LogP contribution in [-0.4, -0.2) is 21.4 Å². The summed E-state index contributed by atoms with van der Waals surface area (Å²) in [5, 5.41) is 11.5. The van der Waals surface area contributed by atoms with Crippen LogP contribution in [0.4, 0.5) is 4.79 Å². The molecule has 0 aliphatic carbocycles. The number of carbonyl (C=O) groups excluding carboxylic acids is 1. The quantitative estimate of drug-likeness (QED) is 0.716. The molecule has 0 atom stereocenters. The third kappa shape index (κ3) is 5.29. The van der Waals surface area contributed by atoms with E-state index in [-0.39, 0.29) is 0 Å². The van der Waals surface area contributed by atoms with Gasteiger partial charge in [0.1, 0.15) is 25.0 Å². The Balaban J connectivity index is 0.000000128. The van der Waals surface area contributed by atoms with Gasteiger partial charge in [-0.05, 0) is 23.4 Å². The van der Waals surface area contributed by atoms with Crippen molar-refractivity contribution in [2.75, 3.05) is 0 Å². The maximum atomic E-state index is 10.6. The van der Waals surface area contributed by atoms with Crippen LogP contribution in [0.3, 0.4) is 0 Å². The summed E-state index contributed by atoms with van der Waals surface area (Å²) in [6.45, 7) is 0. The molecule has 1 aromatic carbocycles. The van der Waals surface area contributed by atoms with E-state index in [1.807, 2.05) is 12.1 Å². The summed E-state index contributed by atoms with van der Waals surface area (Å²) < 4.78 is 9.17. The van der Waals surface area contributed by atoms with Crippen molar-refractivity contribution in [3.05, 3.63) is 78.5 Å². The predicted molar refractivity (Wildman–Crippen MR) is 74.4 cm³/mol. The molecule has 2 aromatic rings. The van der Waals surface area contributed by atoms with Gasteiger partial charge in [0.2, 0.25) is 0 Å². The first-order valence-corrected chi connectivity index (χ1v) is 6.12. The zero-order valence-corrected chi connectivity index (χ0v) is 11.3. The number of hydrogen-bond donors (Lipinski definition) is 0. The lowest BCUT2D eigenvalue weighted by Gasteiger charge is -1.94. The molecule has 0 radical (unpaired) electrons. The summed E-state index contributed by atoms with van der Waals surface area (Å²) in [6.07, 6.45) is 8.99. The smallest absolute Gasteiger partial charge is 0.368 e. The first-order valence-electron chi connectivity index (χ1n) is 6.12. The van der Waals surface area contributed by atoms with Crippen molar-refractivity contribution in [2.45, 2.75) is 0 Å². The van der Waals surface area contributed by atoms with E-state index in [1.165, 1.54) is 25.0 Å². The summed E-state index contributed by atoms with van der Waals surface area (Å²) in [7, 11) is 0. The minimum absolute atomic E-state index is 0.402. The lowest BCUT2D eigenvalue weighted by atomic mass is 10.3. The number of amides is 2. The number of rotatable bonds is 0. The van der Waals surface area contributed by atoms with Gasteiger partial charge in [0.15, 0.2) is 0 Å². The Hall–Kier alpha value is -3.42. The number of hydrogen-bond acceptors (Lipinski definition) is 6. The second kappa shape index (κ2) is 8.69. The molecule has 8 nitrogen and oxygen atoms in total. The zero-order valence-electron chi connectivity index (χ0n) is 11.3. The van der Waals surface area contributed by atoms with E-state index in [4.69, 9.17) is 0 Å². The molecule has 8 heteroatoms. The van der Waals surface area contributed by atoms with Crippen LogP contribution < -0.4 is 10.7 Å². The Morgan fingerprint density at radius 3 is 1.55 bits per heavy atom. The van der Waals surface area contributed by atoms with Gasteiger partial charge in [-0.2, -0.15) is 9.98 Å². The van der Waals surface area contributed by atoms with Crippen LogP contribution in [0.5, 0.6) is 0 Å². The molecule has 0 bridgehead atoms. The maximum absolute atomic E-state index is 10.6. The molecule has 4 rings (SSSR count). The van der Waals surface area contributed by atoms with E-state index in [0.717, 1.165) is 0 Å². The SMILES string of the molecule is C1=COC=CO1.O=C1N=c2ccccc2=N1.c1cnnnc1. The number of nitrogens with zero attached hydrogens (tertiary/aromatic N) is 5. The summed E-state index contributed by atoms with van der Waals surface area (Å²) >= 11 is 0. The highest BCUT2D eigenvalue weighted by Crippen LogP contribution is 1.89. The summed E-state index contributed by atoms with van der Waals surface area (Å²) in [5.74, 6) is 0. The third-order valence-corrected chi connectivity index (χ3v) is 2.15. The van der Waals surface area contributed by atoms with Crippen LogP contribution in [0.25, 0.3) is 0 Å². The van der Waals surface area contributed by atoms with Crippen LogP contribution in [0.15, 0.2) is 77.8 Å². The average Bonchev–Trinajstić information content (AvgIpc) is 2.99. The first kappa shape index (κ1) is 15.0. The zero-order chi connectivity index (χ0) is 15.5. The molecule has 2 amide bonds. The van der Waals surface area contributed by atoms with Crippen molar-refractivity contribution >= 4 is 6.03 Å². The van der Waals surface area contributed by atoms with Crippen molar-refractivity contribution < 1.29 is 14.3 Å². The molecule has 0 saturated heterocycles. The van der Waals surface area contributed by atoms with Crippen molar-refractivity contribution in [1.82, 2.24) is 15.4 Å². The maximum Gasteiger partial charge on any atom is 0.368 e. The van der Waals surface area contributed by atoms with Gasteiger partial charge >= 0.3 is 6.03 Å². The highest BCUT2D eigenvalue weighted by Gasteiger charge is 2.01. The molecule has 0 spiro atoms. The molecular formula is C14H11N5O3. The summed E-state index contributed by atoms with van der Waals surface area (Å²) in [5.41, 5.74) is 0. The van der Waals surface area contributed by atoms with Crippen molar-refractivity contribution in [3.8, 4) is 0 Å². The second-order valence-electron chi connectivity index (χ2n) is 3.62. The molecule has 0 saturated carbocycles. The number of urea groups is 1. The van der Waals surface area contributed by atoms with E-state index in [1.54, 1.807) is 30.6 Å². The lowest BCUT2D eigenvalue weighted by molar-refractivity contribution is 0.256. The second-order valence-corrected chi connectivity index (χ2v) is 3.62. The van der Waals surface area contributed by atoms with Crippen LogP contribution in [0, 0.1) is 0 Å². The molecule has 0 unspecified atom stereocenters. The first-order chi connectivity index (χ1) is 10.9. The number of para-hydroxylation sites is 2. The van der Waals surface area contributed by atoms with Crippen molar-refractivity contribution in [2.24, 2.45) is 9.98 Å². The van der Waals surface area contributed by atoms with Gasteiger partial charge < -0.3 is 9.47 Å². The van der Waals surface area contributed by atoms with Gasteiger partial charge in [0.25, 0.3) is 0 Å². The Kier molecular flexibility index (Phi) is 5.92. The summed E-state index contributed by atoms with van der Waals surface area (Å²) in [6, 6.07) is 8.51. The third-order valence-electron chi connectivity index (χ3n) is 2.15. The van der Waals surface area contributed by atoms with E-state index < -0.39 is 6.03 Å². The number of aromatic nitrogens is 3. The normalized spacial score (nSPS) is 12.8. The van der Waals surface area contributed by atoms with Crippen LogP contribution >= 0.6 is 0 Å². The highest BCUT2D eigenvalue weighted by atomic mass is 16.5. The fourth-order valence-electron chi connectivity index (χ4n) is 1.31. The Morgan fingerprint density at radius 2 is 1.23 bits per heavy atom. The highest BCUT2D eigenvalue weighted by molar-refractivity contribution is 5.77. The molecule has 1 aromatic heterocycles.